The number of piperidine rings is 1. The highest BCUT2D eigenvalue weighted by Crippen LogP contribution is 2.38. The fourth-order valence-corrected chi connectivity index (χ4v) is 4.91. The highest BCUT2D eigenvalue weighted by atomic mass is 16.3. The van der Waals surface area contributed by atoms with E-state index in [-0.39, 0.29) is 17.9 Å². The van der Waals surface area contributed by atoms with Gasteiger partial charge in [-0.05, 0) is 30.5 Å². The summed E-state index contributed by atoms with van der Waals surface area (Å²) in [5.74, 6) is 1.10. The van der Waals surface area contributed by atoms with Crippen molar-refractivity contribution in [1.82, 2.24) is 19.7 Å². The monoisotopic (exact) mass is 456 g/mol. The van der Waals surface area contributed by atoms with Gasteiger partial charge in [0.25, 0.3) is 0 Å². The first-order chi connectivity index (χ1) is 16.5. The molecule has 2 aliphatic heterocycles. The number of amides is 2. The lowest BCUT2D eigenvalue weighted by atomic mass is 10.0. The van der Waals surface area contributed by atoms with Gasteiger partial charge in [-0.3, -0.25) is 14.3 Å². The minimum Gasteiger partial charge on any atom is -0.452 e. The lowest BCUT2D eigenvalue weighted by molar-refractivity contribution is -0.130. The van der Waals surface area contributed by atoms with E-state index in [4.69, 9.17) is 10.2 Å². The molecule has 0 aliphatic carbocycles. The molecule has 1 aromatic carbocycles. The summed E-state index contributed by atoms with van der Waals surface area (Å²) < 4.78 is 8.11. The smallest absolute Gasteiger partial charge is 0.228 e. The summed E-state index contributed by atoms with van der Waals surface area (Å²) in [6.45, 7) is 3.11. The van der Waals surface area contributed by atoms with Crippen LogP contribution in [0, 0.1) is 0 Å². The average molecular weight is 457 g/mol. The van der Waals surface area contributed by atoms with Crippen LogP contribution in [0.1, 0.15) is 31.4 Å². The van der Waals surface area contributed by atoms with Crippen molar-refractivity contribution in [3.05, 3.63) is 48.4 Å². The van der Waals surface area contributed by atoms with E-state index in [1.807, 2.05) is 46.2 Å². The summed E-state index contributed by atoms with van der Waals surface area (Å²) in [5, 5.41) is 8.35. The molecule has 3 N–H and O–H groups in total. The number of furan rings is 1. The highest BCUT2D eigenvalue weighted by molar-refractivity contribution is 6.02. The molecule has 4 aromatic rings. The van der Waals surface area contributed by atoms with E-state index in [1.54, 1.807) is 13.1 Å². The molecule has 0 unspecified atom stereocenters. The second-order valence-corrected chi connectivity index (χ2v) is 8.95. The van der Waals surface area contributed by atoms with Gasteiger partial charge in [0.15, 0.2) is 11.4 Å². The Morgan fingerprint density at radius 3 is 2.79 bits per heavy atom. The topological polar surface area (TPSA) is 119 Å². The molecule has 0 spiro atoms. The van der Waals surface area contributed by atoms with Crippen LogP contribution in [0.3, 0.4) is 0 Å². The largest absolute Gasteiger partial charge is 0.452 e. The predicted molar refractivity (Wildman–Crippen MR) is 128 cm³/mol. The van der Waals surface area contributed by atoms with E-state index in [1.165, 1.54) is 0 Å². The quantitative estimate of drug-likeness (QED) is 0.486. The molecule has 9 heteroatoms. The number of aromatic nitrogens is 3. The van der Waals surface area contributed by atoms with Crippen molar-refractivity contribution in [1.29, 1.82) is 0 Å². The van der Waals surface area contributed by atoms with Gasteiger partial charge in [0.2, 0.25) is 11.8 Å². The van der Waals surface area contributed by atoms with E-state index in [0.717, 1.165) is 59.3 Å². The Labute approximate surface area is 195 Å². The van der Waals surface area contributed by atoms with Crippen molar-refractivity contribution in [3.8, 4) is 22.5 Å². The van der Waals surface area contributed by atoms with E-state index >= 15 is 0 Å². The zero-order valence-corrected chi connectivity index (χ0v) is 18.7. The Morgan fingerprint density at radius 1 is 1.18 bits per heavy atom. The number of pyridine rings is 1. The Kier molecular flexibility index (Phi) is 4.65. The molecule has 3 aromatic heterocycles. The fraction of sp³-hybridized carbons (Fsp3) is 0.280. The number of anilines is 2. The van der Waals surface area contributed by atoms with Crippen molar-refractivity contribution in [2.24, 2.45) is 0 Å². The Morgan fingerprint density at radius 2 is 2.00 bits per heavy atom. The van der Waals surface area contributed by atoms with E-state index in [2.05, 4.69) is 15.4 Å². The molecule has 0 bridgehead atoms. The highest BCUT2D eigenvalue weighted by Gasteiger charge is 2.24. The summed E-state index contributed by atoms with van der Waals surface area (Å²) >= 11 is 0. The Bertz CT molecular complexity index is 1440. The number of nitrogens with one attached hydrogen (secondary N) is 1. The van der Waals surface area contributed by atoms with Gasteiger partial charge in [-0.15, -0.1) is 0 Å². The number of carbonyl (C=O) groups excluding carboxylic acids is 2. The van der Waals surface area contributed by atoms with Gasteiger partial charge in [0, 0.05) is 60.2 Å². The van der Waals surface area contributed by atoms with E-state index in [9.17, 15) is 9.59 Å². The molecule has 5 heterocycles. The van der Waals surface area contributed by atoms with Gasteiger partial charge in [-0.2, -0.15) is 5.10 Å². The van der Waals surface area contributed by atoms with Crippen LogP contribution >= 0.6 is 0 Å². The van der Waals surface area contributed by atoms with Gasteiger partial charge in [-0.1, -0.05) is 12.1 Å². The molecule has 1 fully saturated rings. The lowest BCUT2D eigenvalue weighted by Crippen LogP contribution is -2.37. The summed E-state index contributed by atoms with van der Waals surface area (Å²) in [5.41, 5.74) is 11.1. The summed E-state index contributed by atoms with van der Waals surface area (Å²) in [7, 11) is 0. The summed E-state index contributed by atoms with van der Waals surface area (Å²) in [6, 6.07) is 8.03. The zero-order chi connectivity index (χ0) is 23.4. The van der Waals surface area contributed by atoms with Crippen LogP contribution in [0.2, 0.25) is 0 Å². The van der Waals surface area contributed by atoms with Crippen molar-refractivity contribution < 1.29 is 14.0 Å². The molecular formula is C25H24N6O3. The van der Waals surface area contributed by atoms with Crippen molar-refractivity contribution >= 4 is 34.3 Å². The third-order valence-corrected chi connectivity index (χ3v) is 6.80. The van der Waals surface area contributed by atoms with Gasteiger partial charge in [-0.25, -0.2) is 4.98 Å². The summed E-state index contributed by atoms with van der Waals surface area (Å²) in [6.07, 6.45) is 7.76. The first kappa shape index (κ1) is 20.5. The van der Waals surface area contributed by atoms with Crippen LogP contribution in [-0.2, 0) is 16.0 Å². The van der Waals surface area contributed by atoms with Crippen LogP contribution in [-0.4, -0.2) is 44.6 Å². The van der Waals surface area contributed by atoms with Crippen LogP contribution in [0.5, 0.6) is 0 Å². The first-order valence-corrected chi connectivity index (χ1v) is 11.4. The molecule has 34 heavy (non-hydrogen) atoms. The molecule has 1 saturated heterocycles. The SMILES string of the molecule is CC(=O)N1CCC(n2cc(-c3cnc(N)c4oc(-c5ccc6c(c5)NC(=O)C6)cc34)cn2)CC1. The number of fused-ring (bicyclic) bond motifs is 2. The molecule has 2 aliphatic rings. The zero-order valence-electron chi connectivity index (χ0n) is 18.7. The van der Waals surface area contributed by atoms with E-state index in [0.29, 0.717) is 23.6 Å². The molecular weight excluding hydrogens is 432 g/mol. The van der Waals surface area contributed by atoms with E-state index < -0.39 is 0 Å². The number of benzene rings is 1. The number of hydrogen-bond acceptors (Lipinski definition) is 6. The van der Waals surface area contributed by atoms with Crippen molar-refractivity contribution in [3.63, 3.8) is 0 Å². The van der Waals surface area contributed by atoms with Gasteiger partial charge in [0.05, 0.1) is 18.7 Å². The minimum absolute atomic E-state index is 0.00327. The second-order valence-electron chi connectivity index (χ2n) is 8.95. The molecule has 2 amide bonds. The maximum absolute atomic E-state index is 11.7. The first-order valence-electron chi connectivity index (χ1n) is 11.4. The number of rotatable bonds is 3. The number of nitrogens with zero attached hydrogens (tertiary/aromatic N) is 4. The van der Waals surface area contributed by atoms with Gasteiger partial charge < -0.3 is 20.4 Å². The van der Waals surface area contributed by atoms with Crippen LogP contribution in [0.25, 0.3) is 33.4 Å². The fourth-order valence-electron chi connectivity index (χ4n) is 4.91. The lowest BCUT2D eigenvalue weighted by Gasteiger charge is -2.31. The van der Waals surface area contributed by atoms with Crippen LogP contribution < -0.4 is 11.1 Å². The Balaban J connectivity index is 1.33. The predicted octanol–water partition coefficient (Wildman–Crippen LogP) is 3.62. The molecule has 6 rings (SSSR count). The molecule has 0 saturated carbocycles. The maximum atomic E-state index is 11.7. The number of carbonyl (C=O) groups is 2. The number of nitrogen functional groups attached to an aromatic ring is 1. The molecule has 9 nitrogen and oxygen atoms in total. The van der Waals surface area contributed by atoms with Crippen LogP contribution in [0.4, 0.5) is 11.5 Å². The van der Waals surface area contributed by atoms with Crippen molar-refractivity contribution in [2.75, 3.05) is 24.1 Å². The molecule has 172 valence electrons. The third kappa shape index (κ3) is 3.40. The van der Waals surface area contributed by atoms with Crippen molar-refractivity contribution in [2.45, 2.75) is 32.2 Å². The van der Waals surface area contributed by atoms with Crippen LogP contribution in [0.15, 0.2) is 47.3 Å². The molecule has 0 atom stereocenters. The second kappa shape index (κ2) is 7.72. The number of likely N-dealkylation sites (tertiary alicyclic amines) is 1. The molecule has 0 radical (unpaired) electrons. The Hall–Kier alpha value is -4.14. The number of hydrogen-bond donors (Lipinski definition) is 2. The standard InChI is InChI=1S/C25H24N6O3/c1-14(32)30-6-4-18(5-7-30)31-13-17(11-28-31)20-12-27-25(26)24-19(20)10-22(34-24)16-3-2-15-9-23(33)29-21(15)8-16/h2-3,8,10-13,18H,4-7,9H2,1H3,(H2,26,27)(H,29,33). The minimum atomic E-state index is -0.00327. The number of nitrogens with two attached hydrogens (primary N) is 1. The van der Waals surface area contributed by atoms with Gasteiger partial charge in [0.1, 0.15) is 5.76 Å². The summed E-state index contributed by atoms with van der Waals surface area (Å²) in [4.78, 5) is 29.6. The third-order valence-electron chi connectivity index (χ3n) is 6.80. The average Bonchev–Trinajstić information content (AvgIpc) is 3.57. The maximum Gasteiger partial charge on any atom is 0.228 e. The normalized spacial score (nSPS) is 16.1. The van der Waals surface area contributed by atoms with Gasteiger partial charge >= 0.3 is 0 Å².